The molecule has 1 saturated heterocycles. The van der Waals surface area contributed by atoms with E-state index in [1.54, 1.807) is 7.11 Å². The molecule has 0 bridgehead atoms. The van der Waals surface area contributed by atoms with Crippen LogP contribution in [0, 0.1) is 5.92 Å². The monoisotopic (exact) mass is 297 g/mol. The molecule has 0 spiro atoms. The van der Waals surface area contributed by atoms with E-state index in [1.807, 2.05) is 20.0 Å². The van der Waals surface area contributed by atoms with Crippen molar-refractivity contribution in [1.29, 1.82) is 0 Å². The van der Waals surface area contributed by atoms with E-state index in [1.165, 1.54) is 0 Å². The number of rotatable bonds is 8. The molecule has 7 heteroatoms. The van der Waals surface area contributed by atoms with E-state index < -0.39 is 23.2 Å². The van der Waals surface area contributed by atoms with Gasteiger partial charge >= 0.3 is 16.6 Å². The van der Waals surface area contributed by atoms with Gasteiger partial charge in [0.15, 0.2) is 6.16 Å². The zero-order chi connectivity index (χ0) is 14.5. The van der Waals surface area contributed by atoms with Gasteiger partial charge < -0.3 is 13.6 Å². The molecular weight excluding hydrogens is 271 g/mol. The minimum Gasteiger partial charge on any atom is -0.398 e. The van der Waals surface area contributed by atoms with Gasteiger partial charge in [-0.3, -0.25) is 0 Å². The third kappa shape index (κ3) is 5.43. The second kappa shape index (κ2) is 7.67. The van der Waals surface area contributed by atoms with E-state index in [4.69, 9.17) is 19.5 Å². The predicted octanol–water partition coefficient (Wildman–Crippen LogP) is 2.54. The van der Waals surface area contributed by atoms with Gasteiger partial charge in [0.2, 0.25) is 0 Å². The first kappa shape index (κ1) is 14.6. The van der Waals surface area contributed by atoms with E-state index in [9.17, 15) is 4.57 Å². The molecule has 1 aliphatic heterocycles. The first-order valence-corrected chi connectivity index (χ1v) is 10.4. The van der Waals surface area contributed by atoms with Crippen LogP contribution >= 0.6 is 8.03 Å². The largest absolute Gasteiger partial charge is 0.508 e. The fraction of sp³-hybridized carbons (Fsp3) is 1.00. The fourth-order valence-electron chi connectivity index (χ4n) is 1.66. The average Bonchev–Trinajstić information content (AvgIpc) is 2.67. The molecule has 5 nitrogen and oxygen atoms in total. The van der Waals surface area contributed by atoms with Gasteiger partial charge in [-0.1, -0.05) is 0 Å². The van der Waals surface area contributed by atoms with Crippen LogP contribution in [0.4, 0.5) is 0 Å². The van der Waals surface area contributed by atoms with Crippen LogP contribution in [-0.4, -0.2) is 47.7 Å². The molecule has 0 radical (unpaired) electrons. The molecule has 0 saturated carbocycles. The molecule has 0 amide bonds. The molecule has 1 heterocycles. The first-order valence-electron chi connectivity index (χ1n) is 6.80. The Labute approximate surface area is 113 Å². The smallest absolute Gasteiger partial charge is 0.398 e. The molecule has 1 rings (SSSR count). The van der Waals surface area contributed by atoms with E-state index >= 15 is 0 Å². The molecule has 106 valence electrons. The normalized spacial score (nSPS) is 30.3. The lowest BCUT2D eigenvalue weighted by Crippen LogP contribution is -2.38. The van der Waals surface area contributed by atoms with Crippen molar-refractivity contribution in [2.24, 2.45) is 5.92 Å². The number of hydrogen-bond acceptors (Lipinski definition) is 5. The fourth-order valence-corrected chi connectivity index (χ4v) is 3.51. The van der Waals surface area contributed by atoms with Crippen molar-refractivity contribution in [3.63, 3.8) is 0 Å². The third-order valence-corrected chi connectivity index (χ3v) is 6.10. The number of ether oxygens (including phenoxy) is 1. The second-order valence-electron chi connectivity index (χ2n) is 4.69. The molecule has 0 aromatic rings. The Balaban J connectivity index is 2.47. The van der Waals surface area contributed by atoms with Crippen LogP contribution < -0.4 is 0 Å². The highest BCUT2D eigenvalue weighted by atomic mass is 31.1. The van der Waals surface area contributed by atoms with Crippen LogP contribution in [-0.2, 0) is 22.7 Å². The highest BCUT2D eigenvalue weighted by molar-refractivity contribution is 7.39. The second-order valence-corrected chi connectivity index (χ2v) is 9.47. The lowest BCUT2D eigenvalue weighted by Gasteiger charge is -2.23. The summed E-state index contributed by atoms with van der Waals surface area (Å²) in [5.74, 6) is 0.0549. The highest BCUT2D eigenvalue weighted by Crippen LogP contribution is 2.33. The summed E-state index contributed by atoms with van der Waals surface area (Å²) in [5, 5.41) is 0. The van der Waals surface area contributed by atoms with Crippen molar-refractivity contribution in [1.82, 2.24) is 0 Å². The van der Waals surface area contributed by atoms with Gasteiger partial charge in [0, 0.05) is 19.6 Å². The van der Waals surface area contributed by atoms with E-state index in [2.05, 4.69) is 0 Å². The maximum absolute atomic E-state index is 11.7. The van der Waals surface area contributed by atoms with Crippen LogP contribution in [0.15, 0.2) is 0 Å². The van der Waals surface area contributed by atoms with E-state index in [0.717, 1.165) is 0 Å². The summed E-state index contributed by atoms with van der Waals surface area (Å²) < 4.78 is 41.0. The van der Waals surface area contributed by atoms with Crippen LogP contribution in [0.5, 0.6) is 0 Å². The van der Waals surface area contributed by atoms with Crippen molar-refractivity contribution >= 4 is 16.6 Å². The van der Waals surface area contributed by atoms with Crippen molar-refractivity contribution < 1.29 is 24.0 Å². The molecule has 0 aliphatic carbocycles. The lowest BCUT2D eigenvalue weighted by atomic mass is 10.1. The van der Waals surface area contributed by atoms with Gasteiger partial charge in [-0.05, 0) is 31.0 Å². The standard InChI is InChI=1S/C11H24O5PSi/c1-5-15-17(12)9-10-6-7-14-11(10)8-16-18(3,4)13-2/h10-11H,5-9H2,1-4H3/q+1/t10-,11-/m1/s1/i7T/t7-,10+,11+/m0. The highest BCUT2D eigenvalue weighted by Gasteiger charge is 2.37. The Morgan fingerprint density at radius 1 is 1.56 bits per heavy atom. The minimum atomic E-state index is -2.10. The average molecular weight is 297 g/mol. The van der Waals surface area contributed by atoms with Gasteiger partial charge in [0.1, 0.15) is 0 Å². The van der Waals surface area contributed by atoms with Gasteiger partial charge in [0.25, 0.3) is 0 Å². The zero-order valence-electron chi connectivity index (χ0n) is 12.5. The summed E-state index contributed by atoms with van der Waals surface area (Å²) in [6, 6.07) is 0. The Morgan fingerprint density at radius 2 is 2.28 bits per heavy atom. The SMILES string of the molecule is [3H][C@H]1C[C@H](C[P+](=O)OCC)[C@@H](CO[Si](C)(C)OC)O1. The lowest BCUT2D eigenvalue weighted by molar-refractivity contribution is 0.0392. The van der Waals surface area contributed by atoms with Crippen molar-refractivity contribution in [2.75, 3.05) is 33.1 Å². The molecule has 0 aromatic carbocycles. The van der Waals surface area contributed by atoms with Crippen LogP contribution in [0.25, 0.3) is 0 Å². The quantitative estimate of drug-likeness (QED) is 0.509. The van der Waals surface area contributed by atoms with Gasteiger partial charge in [-0.25, -0.2) is 0 Å². The summed E-state index contributed by atoms with van der Waals surface area (Å²) in [5.41, 5.74) is 0. The molecule has 1 unspecified atom stereocenters. The summed E-state index contributed by atoms with van der Waals surface area (Å²) in [7, 11) is -2.13. The van der Waals surface area contributed by atoms with Gasteiger partial charge in [0.05, 0.1) is 20.7 Å². The Kier molecular flexibility index (Phi) is 6.21. The Hall–Kier alpha value is 0.157. The molecule has 1 aliphatic rings. The summed E-state index contributed by atoms with van der Waals surface area (Å²) in [4.78, 5) is 0. The van der Waals surface area contributed by atoms with Crippen LogP contribution in [0.2, 0.25) is 13.1 Å². The third-order valence-electron chi connectivity index (χ3n) is 2.94. The topological polar surface area (TPSA) is 54.0 Å². The maximum Gasteiger partial charge on any atom is 0.508 e. The molecule has 0 aromatic heterocycles. The van der Waals surface area contributed by atoms with Gasteiger partial charge in [-0.15, -0.1) is 4.52 Å². The maximum atomic E-state index is 11.7. The van der Waals surface area contributed by atoms with Crippen LogP contribution in [0.3, 0.4) is 0 Å². The summed E-state index contributed by atoms with van der Waals surface area (Å²) in [6.45, 7) is 6.00. The molecule has 0 N–H and O–H groups in total. The molecule has 4 atom stereocenters. The zero-order valence-corrected chi connectivity index (χ0v) is 13.4. The van der Waals surface area contributed by atoms with Crippen molar-refractivity contribution in [2.45, 2.75) is 32.5 Å². The first-order chi connectivity index (χ1) is 8.88. The Bertz CT molecular complexity index is 305. The predicted molar refractivity (Wildman–Crippen MR) is 72.4 cm³/mol. The summed E-state index contributed by atoms with van der Waals surface area (Å²) >= 11 is 0. The van der Waals surface area contributed by atoms with E-state index in [-0.39, 0.29) is 12.0 Å². The molecule has 18 heavy (non-hydrogen) atoms. The molecular formula is C11H24O5PSi+. The van der Waals surface area contributed by atoms with Crippen molar-refractivity contribution in [3.05, 3.63) is 0 Å². The minimum absolute atomic E-state index is 0.0549. The van der Waals surface area contributed by atoms with Crippen molar-refractivity contribution in [3.8, 4) is 0 Å². The summed E-state index contributed by atoms with van der Waals surface area (Å²) in [6.07, 6.45) is 0.822. The number of hydrogen-bond donors (Lipinski definition) is 0. The van der Waals surface area contributed by atoms with Gasteiger partial charge in [-0.2, -0.15) is 0 Å². The van der Waals surface area contributed by atoms with E-state index in [0.29, 0.717) is 25.8 Å². The molecule has 1 fully saturated rings. The Morgan fingerprint density at radius 3 is 2.89 bits per heavy atom. The van der Waals surface area contributed by atoms with Crippen LogP contribution in [0.1, 0.15) is 14.7 Å².